The highest BCUT2D eigenvalue weighted by Gasteiger charge is 2.34. The molecule has 0 aliphatic heterocycles. The van der Waals surface area contributed by atoms with Crippen LogP contribution in [-0.4, -0.2) is 18.2 Å². The van der Waals surface area contributed by atoms with Gasteiger partial charge in [-0.2, -0.15) is 0 Å². The summed E-state index contributed by atoms with van der Waals surface area (Å²) in [5, 5.41) is 2.80. The van der Waals surface area contributed by atoms with Crippen molar-refractivity contribution < 1.29 is 9.53 Å². The van der Waals surface area contributed by atoms with Crippen LogP contribution in [-0.2, 0) is 4.74 Å². The molecule has 1 rings (SSSR count). The Bertz CT molecular complexity index is 249. The monoisotopic (exact) mass is 211 g/mol. The number of ether oxygens (including phenoxy) is 1. The van der Waals surface area contributed by atoms with Crippen molar-refractivity contribution in [3.8, 4) is 0 Å². The molecule has 0 saturated heterocycles. The number of carbonyl (C=O) groups is 1. The second-order valence-electron chi connectivity index (χ2n) is 5.28. The highest BCUT2D eigenvalue weighted by molar-refractivity contribution is 5.67. The Morgan fingerprint density at radius 1 is 1.53 bits per heavy atom. The molecule has 1 aliphatic carbocycles. The molecular formula is C12H21NO2. The van der Waals surface area contributed by atoms with Gasteiger partial charge in [-0.3, -0.25) is 0 Å². The predicted octanol–water partition coefficient (Wildman–Crippen LogP) is 2.87. The van der Waals surface area contributed by atoms with Crippen molar-refractivity contribution in [1.29, 1.82) is 0 Å². The van der Waals surface area contributed by atoms with Crippen LogP contribution in [0.25, 0.3) is 0 Å². The molecule has 0 bridgehead atoms. The van der Waals surface area contributed by atoms with Gasteiger partial charge in [-0.05, 0) is 33.6 Å². The summed E-state index contributed by atoms with van der Waals surface area (Å²) in [5.41, 5.74) is -0.304. The summed E-state index contributed by atoms with van der Waals surface area (Å²) in [5.74, 6) is 0. The maximum absolute atomic E-state index is 11.4. The Labute approximate surface area is 91.9 Å². The first-order valence-electron chi connectivity index (χ1n) is 5.47. The standard InChI is InChI=1S/C12H21NO2/c1-5-12(7-6-8-12)9-13-10(14)15-11(2,3)4/h5H,1,6-9H2,2-4H3,(H,13,14). The Balaban J connectivity index is 2.30. The number of hydrogen-bond donors (Lipinski definition) is 1. The maximum Gasteiger partial charge on any atom is 0.407 e. The van der Waals surface area contributed by atoms with E-state index in [0.717, 1.165) is 12.8 Å². The molecule has 1 saturated carbocycles. The lowest BCUT2D eigenvalue weighted by molar-refractivity contribution is 0.0487. The van der Waals surface area contributed by atoms with Gasteiger partial charge in [0.2, 0.25) is 0 Å². The van der Waals surface area contributed by atoms with Crippen LogP contribution in [0.1, 0.15) is 40.0 Å². The van der Waals surface area contributed by atoms with Crippen molar-refractivity contribution in [2.24, 2.45) is 5.41 Å². The van der Waals surface area contributed by atoms with E-state index in [4.69, 9.17) is 4.74 Å². The lowest BCUT2D eigenvalue weighted by Gasteiger charge is -2.39. The molecular weight excluding hydrogens is 190 g/mol. The molecule has 1 fully saturated rings. The molecule has 0 radical (unpaired) electrons. The summed E-state index contributed by atoms with van der Waals surface area (Å²) in [6, 6.07) is 0. The van der Waals surface area contributed by atoms with E-state index in [9.17, 15) is 4.79 Å². The normalized spacial score (nSPS) is 18.9. The van der Waals surface area contributed by atoms with Crippen molar-refractivity contribution in [2.45, 2.75) is 45.6 Å². The lowest BCUT2D eigenvalue weighted by Crippen LogP contribution is -2.42. The van der Waals surface area contributed by atoms with E-state index in [2.05, 4.69) is 11.9 Å². The van der Waals surface area contributed by atoms with Crippen LogP contribution in [0.15, 0.2) is 12.7 Å². The van der Waals surface area contributed by atoms with Crippen molar-refractivity contribution in [2.75, 3.05) is 6.54 Å². The highest BCUT2D eigenvalue weighted by atomic mass is 16.6. The van der Waals surface area contributed by atoms with E-state index < -0.39 is 5.60 Å². The summed E-state index contributed by atoms with van der Waals surface area (Å²) < 4.78 is 5.16. The first-order chi connectivity index (χ1) is 6.87. The van der Waals surface area contributed by atoms with Crippen LogP contribution < -0.4 is 5.32 Å². The molecule has 0 aromatic carbocycles. The minimum absolute atomic E-state index is 0.122. The summed E-state index contributed by atoms with van der Waals surface area (Å²) in [6.45, 7) is 10.0. The van der Waals surface area contributed by atoms with Crippen molar-refractivity contribution >= 4 is 6.09 Å². The molecule has 1 aliphatic rings. The van der Waals surface area contributed by atoms with Crippen LogP contribution in [0.3, 0.4) is 0 Å². The van der Waals surface area contributed by atoms with Crippen molar-refractivity contribution in [1.82, 2.24) is 5.32 Å². The van der Waals surface area contributed by atoms with Gasteiger partial charge in [0.1, 0.15) is 5.60 Å². The van der Waals surface area contributed by atoms with E-state index in [1.807, 2.05) is 26.8 Å². The second kappa shape index (κ2) is 4.25. The third-order valence-electron chi connectivity index (χ3n) is 2.77. The quantitative estimate of drug-likeness (QED) is 0.729. The van der Waals surface area contributed by atoms with Gasteiger partial charge in [0, 0.05) is 12.0 Å². The van der Waals surface area contributed by atoms with Gasteiger partial charge in [0.15, 0.2) is 0 Å². The number of rotatable bonds is 3. The largest absolute Gasteiger partial charge is 0.444 e. The van der Waals surface area contributed by atoms with E-state index in [1.165, 1.54) is 6.42 Å². The van der Waals surface area contributed by atoms with Gasteiger partial charge >= 0.3 is 6.09 Å². The molecule has 0 aromatic heterocycles. The van der Waals surface area contributed by atoms with E-state index in [0.29, 0.717) is 6.54 Å². The predicted molar refractivity (Wildman–Crippen MR) is 60.7 cm³/mol. The zero-order valence-electron chi connectivity index (χ0n) is 9.93. The Morgan fingerprint density at radius 3 is 2.47 bits per heavy atom. The summed E-state index contributed by atoms with van der Waals surface area (Å²) >= 11 is 0. The SMILES string of the molecule is C=CC1(CNC(=O)OC(C)(C)C)CCC1. The summed E-state index contributed by atoms with van der Waals surface area (Å²) in [4.78, 5) is 11.4. The van der Waals surface area contributed by atoms with Crippen LogP contribution >= 0.6 is 0 Å². The van der Waals surface area contributed by atoms with Gasteiger partial charge in [0.25, 0.3) is 0 Å². The first kappa shape index (κ1) is 12.1. The van der Waals surface area contributed by atoms with E-state index >= 15 is 0 Å². The van der Waals surface area contributed by atoms with E-state index in [-0.39, 0.29) is 11.5 Å². The van der Waals surface area contributed by atoms with Crippen LogP contribution in [0.4, 0.5) is 4.79 Å². The minimum Gasteiger partial charge on any atom is -0.444 e. The fraction of sp³-hybridized carbons (Fsp3) is 0.750. The van der Waals surface area contributed by atoms with Crippen molar-refractivity contribution in [3.63, 3.8) is 0 Å². The minimum atomic E-state index is -0.426. The molecule has 86 valence electrons. The molecule has 0 atom stereocenters. The fourth-order valence-electron chi connectivity index (χ4n) is 1.65. The lowest BCUT2D eigenvalue weighted by atomic mass is 9.69. The van der Waals surface area contributed by atoms with Crippen molar-refractivity contribution in [3.05, 3.63) is 12.7 Å². The van der Waals surface area contributed by atoms with Gasteiger partial charge in [0.05, 0.1) is 0 Å². The second-order valence-corrected chi connectivity index (χ2v) is 5.28. The molecule has 0 spiro atoms. The van der Waals surface area contributed by atoms with Crippen LogP contribution in [0.5, 0.6) is 0 Å². The maximum atomic E-state index is 11.4. The first-order valence-corrected chi connectivity index (χ1v) is 5.47. The third-order valence-corrected chi connectivity index (χ3v) is 2.77. The average Bonchev–Trinajstić information content (AvgIpc) is 1.99. The number of amides is 1. The molecule has 15 heavy (non-hydrogen) atoms. The molecule has 1 amide bonds. The topological polar surface area (TPSA) is 38.3 Å². The molecule has 0 aromatic rings. The smallest absolute Gasteiger partial charge is 0.407 e. The van der Waals surface area contributed by atoms with Gasteiger partial charge in [-0.1, -0.05) is 12.5 Å². The Kier molecular flexibility index (Phi) is 3.42. The Hall–Kier alpha value is -0.990. The van der Waals surface area contributed by atoms with Crippen LogP contribution in [0.2, 0.25) is 0 Å². The summed E-state index contributed by atoms with van der Waals surface area (Å²) in [7, 11) is 0. The number of carbonyl (C=O) groups excluding carboxylic acids is 1. The van der Waals surface area contributed by atoms with Crippen LogP contribution in [0, 0.1) is 5.41 Å². The molecule has 0 heterocycles. The van der Waals surface area contributed by atoms with E-state index in [1.54, 1.807) is 0 Å². The number of alkyl carbamates (subject to hydrolysis) is 1. The highest BCUT2D eigenvalue weighted by Crippen LogP contribution is 2.41. The zero-order chi connectivity index (χ0) is 11.5. The van der Waals surface area contributed by atoms with Gasteiger partial charge in [-0.25, -0.2) is 4.79 Å². The number of nitrogens with one attached hydrogen (secondary N) is 1. The molecule has 1 N–H and O–H groups in total. The number of hydrogen-bond acceptors (Lipinski definition) is 2. The average molecular weight is 211 g/mol. The Morgan fingerprint density at radius 2 is 2.13 bits per heavy atom. The molecule has 0 unspecified atom stereocenters. The summed E-state index contributed by atoms with van der Waals surface area (Å²) in [6.07, 6.45) is 5.07. The van der Waals surface area contributed by atoms with Gasteiger partial charge in [-0.15, -0.1) is 6.58 Å². The fourth-order valence-corrected chi connectivity index (χ4v) is 1.65. The molecule has 3 nitrogen and oxygen atoms in total. The molecule has 3 heteroatoms. The third kappa shape index (κ3) is 3.57. The van der Waals surface area contributed by atoms with Gasteiger partial charge < -0.3 is 10.1 Å². The zero-order valence-corrected chi connectivity index (χ0v) is 9.93.